The molecule has 0 atom stereocenters. The highest BCUT2D eigenvalue weighted by molar-refractivity contribution is 5.83. The first-order valence-corrected chi connectivity index (χ1v) is 8.09. The summed E-state index contributed by atoms with van der Waals surface area (Å²) in [4.78, 5) is 32.5. The van der Waals surface area contributed by atoms with Crippen molar-refractivity contribution in [2.45, 2.75) is 40.7 Å². The summed E-state index contributed by atoms with van der Waals surface area (Å²) in [5.74, 6) is -0.218. The zero-order chi connectivity index (χ0) is 18.8. The minimum Gasteiger partial charge on any atom is -0.273 e. The fraction of sp³-hybridized carbons (Fsp3) is 0.375. The van der Waals surface area contributed by atoms with E-state index in [2.05, 4.69) is 31.0 Å². The number of fused-ring (bicyclic) bond motifs is 1. The summed E-state index contributed by atoms with van der Waals surface area (Å²) in [6, 6.07) is 1.88. The van der Waals surface area contributed by atoms with Crippen LogP contribution >= 0.6 is 0 Å². The summed E-state index contributed by atoms with van der Waals surface area (Å²) < 4.78 is 3.16. The molecule has 0 bridgehead atoms. The molecule has 2 N–H and O–H groups in total. The number of aromatic nitrogens is 6. The van der Waals surface area contributed by atoms with Gasteiger partial charge in [-0.05, 0) is 33.8 Å². The standard InChI is InChI=1S/C16H20N8O2/c1-9-5-10(2)23(22-9)7-15(26)21-20-14(25)6-13-11(3)19-16-17-8-18-24(16)12(13)4/h5,8H,6-7H2,1-4H3,(H,20,25)(H,21,26). The van der Waals surface area contributed by atoms with E-state index in [0.29, 0.717) is 11.5 Å². The van der Waals surface area contributed by atoms with Gasteiger partial charge >= 0.3 is 0 Å². The fourth-order valence-electron chi connectivity index (χ4n) is 2.77. The number of amides is 2. The third-order valence-corrected chi connectivity index (χ3v) is 4.06. The number of hydrogen-bond donors (Lipinski definition) is 2. The average molecular weight is 356 g/mol. The van der Waals surface area contributed by atoms with Crippen molar-refractivity contribution in [2.75, 3.05) is 0 Å². The van der Waals surface area contributed by atoms with Crippen molar-refractivity contribution in [2.24, 2.45) is 0 Å². The van der Waals surface area contributed by atoms with Gasteiger partial charge in [-0.2, -0.15) is 15.2 Å². The lowest BCUT2D eigenvalue weighted by Gasteiger charge is -2.11. The van der Waals surface area contributed by atoms with E-state index in [1.165, 1.54) is 6.33 Å². The van der Waals surface area contributed by atoms with E-state index in [4.69, 9.17) is 0 Å². The number of carbonyl (C=O) groups is 2. The first-order valence-electron chi connectivity index (χ1n) is 8.09. The second-order valence-corrected chi connectivity index (χ2v) is 6.09. The van der Waals surface area contributed by atoms with Crippen LogP contribution in [0.4, 0.5) is 0 Å². The van der Waals surface area contributed by atoms with Crippen LogP contribution in [-0.4, -0.2) is 41.2 Å². The molecule has 3 aromatic heterocycles. The number of nitrogens with one attached hydrogen (secondary N) is 2. The Labute approximate surface area is 149 Å². The van der Waals surface area contributed by atoms with Crippen molar-refractivity contribution in [3.05, 3.63) is 40.7 Å². The summed E-state index contributed by atoms with van der Waals surface area (Å²) in [6.07, 6.45) is 1.48. The lowest BCUT2D eigenvalue weighted by Crippen LogP contribution is -2.44. The van der Waals surface area contributed by atoms with Crippen LogP contribution in [0.25, 0.3) is 5.78 Å². The minimum atomic E-state index is -0.358. The Hall–Kier alpha value is -3.30. The molecule has 26 heavy (non-hydrogen) atoms. The van der Waals surface area contributed by atoms with E-state index >= 15 is 0 Å². The summed E-state index contributed by atoms with van der Waals surface area (Å²) in [5.41, 5.74) is 8.77. The quantitative estimate of drug-likeness (QED) is 0.632. The van der Waals surface area contributed by atoms with E-state index in [9.17, 15) is 9.59 Å². The number of nitrogens with zero attached hydrogens (tertiary/aromatic N) is 6. The number of carbonyl (C=O) groups excluding carboxylic acids is 2. The molecular formula is C16H20N8O2. The summed E-state index contributed by atoms with van der Waals surface area (Å²) >= 11 is 0. The Bertz CT molecular complexity index is 988. The lowest BCUT2D eigenvalue weighted by molar-refractivity contribution is -0.129. The number of rotatable bonds is 4. The Morgan fingerprint density at radius 3 is 2.54 bits per heavy atom. The zero-order valence-corrected chi connectivity index (χ0v) is 15.1. The molecule has 10 heteroatoms. The van der Waals surface area contributed by atoms with Gasteiger partial charge < -0.3 is 0 Å². The lowest BCUT2D eigenvalue weighted by atomic mass is 10.1. The van der Waals surface area contributed by atoms with Crippen LogP contribution in [0.5, 0.6) is 0 Å². The van der Waals surface area contributed by atoms with Crippen LogP contribution in [0.3, 0.4) is 0 Å². The predicted molar refractivity (Wildman–Crippen MR) is 91.9 cm³/mol. The highest BCUT2D eigenvalue weighted by atomic mass is 16.2. The molecule has 10 nitrogen and oxygen atoms in total. The van der Waals surface area contributed by atoms with Gasteiger partial charge in [0.25, 0.3) is 11.7 Å². The Kier molecular flexibility index (Phi) is 4.65. The molecule has 0 aliphatic rings. The first-order chi connectivity index (χ1) is 12.3. The summed E-state index contributed by atoms with van der Waals surface area (Å²) in [5, 5.41) is 8.30. The molecule has 3 heterocycles. The molecule has 0 saturated heterocycles. The van der Waals surface area contributed by atoms with E-state index < -0.39 is 0 Å². The highest BCUT2D eigenvalue weighted by Crippen LogP contribution is 2.13. The predicted octanol–water partition coefficient (Wildman–Crippen LogP) is -0.0554. The molecule has 0 spiro atoms. The zero-order valence-electron chi connectivity index (χ0n) is 15.1. The molecule has 0 aromatic carbocycles. The summed E-state index contributed by atoms with van der Waals surface area (Å²) in [7, 11) is 0. The van der Waals surface area contributed by atoms with Crippen molar-refractivity contribution in [3.8, 4) is 0 Å². The van der Waals surface area contributed by atoms with Crippen LogP contribution in [0.1, 0.15) is 28.3 Å². The van der Waals surface area contributed by atoms with Gasteiger partial charge in [0.05, 0.1) is 12.1 Å². The maximum atomic E-state index is 12.2. The van der Waals surface area contributed by atoms with E-state index in [0.717, 1.165) is 22.6 Å². The SMILES string of the molecule is Cc1cc(C)n(CC(=O)NNC(=O)Cc2c(C)nc3ncnn3c2C)n1. The van der Waals surface area contributed by atoms with Crippen molar-refractivity contribution in [1.29, 1.82) is 0 Å². The van der Waals surface area contributed by atoms with Crippen LogP contribution in [0, 0.1) is 27.7 Å². The smallest absolute Gasteiger partial charge is 0.260 e. The van der Waals surface area contributed by atoms with Gasteiger partial charge in [0.1, 0.15) is 12.9 Å². The van der Waals surface area contributed by atoms with Gasteiger partial charge in [0.15, 0.2) is 0 Å². The molecule has 0 saturated carbocycles. The van der Waals surface area contributed by atoms with Gasteiger partial charge in [-0.3, -0.25) is 25.1 Å². The first kappa shape index (κ1) is 17.5. The molecule has 136 valence electrons. The molecular weight excluding hydrogens is 336 g/mol. The Balaban J connectivity index is 1.61. The van der Waals surface area contributed by atoms with E-state index in [1.807, 2.05) is 33.8 Å². The van der Waals surface area contributed by atoms with E-state index in [-0.39, 0.29) is 24.8 Å². The number of aryl methyl sites for hydroxylation is 4. The van der Waals surface area contributed by atoms with Crippen molar-refractivity contribution in [3.63, 3.8) is 0 Å². The molecule has 0 fully saturated rings. The van der Waals surface area contributed by atoms with Crippen molar-refractivity contribution >= 4 is 17.6 Å². The van der Waals surface area contributed by atoms with Gasteiger partial charge in [0, 0.05) is 22.6 Å². The maximum absolute atomic E-state index is 12.2. The molecule has 3 rings (SSSR count). The van der Waals surface area contributed by atoms with Gasteiger partial charge in [-0.15, -0.1) is 0 Å². The molecule has 0 aliphatic carbocycles. The maximum Gasteiger partial charge on any atom is 0.260 e. The monoisotopic (exact) mass is 356 g/mol. The Morgan fingerprint density at radius 1 is 1.12 bits per heavy atom. The van der Waals surface area contributed by atoms with Crippen LogP contribution in [0.15, 0.2) is 12.4 Å². The third kappa shape index (κ3) is 3.53. The Morgan fingerprint density at radius 2 is 1.85 bits per heavy atom. The molecule has 0 radical (unpaired) electrons. The second-order valence-electron chi connectivity index (χ2n) is 6.09. The van der Waals surface area contributed by atoms with Gasteiger partial charge in [0.2, 0.25) is 5.91 Å². The van der Waals surface area contributed by atoms with Gasteiger partial charge in [-0.1, -0.05) is 0 Å². The molecule has 3 aromatic rings. The third-order valence-electron chi connectivity index (χ3n) is 4.06. The number of hydrazine groups is 1. The fourth-order valence-corrected chi connectivity index (χ4v) is 2.77. The van der Waals surface area contributed by atoms with Gasteiger partial charge in [-0.25, -0.2) is 9.50 Å². The molecule has 2 amide bonds. The largest absolute Gasteiger partial charge is 0.273 e. The second kappa shape index (κ2) is 6.90. The minimum absolute atomic E-state index is 0.0322. The topological polar surface area (TPSA) is 119 Å². The number of hydrogen-bond acceptors (Lipinski definition) is 6. The summed E-state index contributed by atoms with van der Waals surface area (Å²) in [6.45, 7) is 7.41. The normalized spacial score (nSPS) is 10.9. The van der Waals surface area contributed by atoms with Crippen molar-refractivity contribution < 1.29 is 9.59 Å². The van der Waals surface area contributed by atoms with Crippen molar-refractivity contribution in [1.82, 2.24) is 40.2 Å². The molecule has 0 aliphatic heterocycles. The van der Waals surface area contributed by atoms with Crippen LogP contribution in [-0.2, 0) is 22.6 Å². The van der Waals surface area contributed by atoms with E-state index in [1.54, 1.807) is 9.20 Å². The van der Waals surface area contributed by atoms with Crippen LogP contribution in [0.2, 0.25) is 0 Å². The molecule has 0 unspecified atom stereocenters. The highest BCUT2D eigenvalue weighted by Gasteiger charge is 2.15. The average Bonchev–Trinajstić information content (AvgIpc) is 3.16. The van der Waals surface area contributed by atoms with Crippen LogP contribution < -0.4 is 10.9 Å².